The molecular formula is C17H25N3. The minimum absolute atomic E-state index is 0.418. The van der Waals surface area contributed by atoms with E-state index in [1.807, 2.05) is 6.07 Å². The van der Waals surface area contributed by atoms with Gasteiger partial charge in [-0.05, 0) is 31.5 Å². The molecule has 0 amide bonds. The average molecular weight is 271 g/mol. The average Bonchev–Trinajstić information content (AvgIpc) is 2.46. The molecule has 3 heteroatoms. The summed E-state index contributed by atoms with van der Waals surface area (Å²) in [4.78, 5) is 5.06. The number of piperazine rings is 1. The molecule has 0 bridgehead atoms. The van der Waals surface area contributed by atoms with E-state index in [1.165, 1.54) is 18.7 Å². The Hall–Kier alpha value is -1.34. The van der Waals surface area contributed by atoms with Gasteiger partial charge in [-0.25, -0.2) is 0 Å². The Labute approximate surface area is 122 Å². The molecule has 1 saturated heterocycles. The number of benzene rings is 1. The molecule has 1 heterocycles. The molecule has 1 aromatic carbocycles. The molecule has 0 unspecified atom stereocenters. The molecule has 0 atom stereocenters. The zero-order valence-electron chi connectivity index (χ0n) is 12.6. The van der Waals surface area contributed by atoms with Crippen molar-refractivity contribution < 1.29 is 0 Å². The Morgan fingerprint density at radius 2 is 1.95 bits per heavy atom. The summed E-state index contributed by atoms with van der Waals surface area (Å²) in [6, 6.07) is 9.15. The highest BCUT2D eigenvalue weighted by Gasteiger charge is 2.18. The third-order valence-electron chi connectivity index (χ3n) is 3.81. The summed E-state index contributed by atoms with van der Waals surface area (Å²) in [7, 11) is 0. The van der Waals surface area contributed by atoms with Gasteiger partial charge in [0.05, 0.1) is 6.54 Å². The first-order valence-electron chi connectivity index (χ1n) is 7.43. The van der Waals surface area contributed by atoms with E-state index < -0.39 is 0 Å². The zero-order chi connectivity index (χ0) is 14.4. The van der Waals surface area contributed by atoms with Crippen molar-refractivity contribution in [2.75, 3.05) is 32.7 Å². The second kappa shape index (κ2) is 7.44. The molecule has 1 aromatic rings. The van der Waals surface area contributed by atoms with Gasteiger partial charge in [0.1, 0.15) is 0 Å². The van der Waals surface area contributed by atoms with Gasteiger partial charge in [0.25, 0.3) is 0 Å². The van der Waals surface area contributed by atoms with Gasteiger partial charge >= 0.3 is 0 Å². The van der Waals surface area contributed by atoms with Crippen LogP contribution in [0.2, 0.25) is 0 Å². The van der Waals surface area contributed by atoms with Crippen LogP contribution in [-0.2, 0) is 6.54 Å². The van der Waals surface area contributed by atoms with Crippen molar-refractivity contribution in [1.29, 1.82) is 0 Å². The molecule has 0 saturated carbocycles. The van der Waals surface area contributed by atoms with Gasteiger partial charge in [-0.3, -0.25) is 9.80 Å². The topological polar surface area (TPSA) is 32.5 Å². The van der Waals surface area contributed by atoms with E-state index in [0.29, 0.717) is 12.6 Å². The van der Waals surface area contributed by atoms with Gasteiger partial charge < -0.3 is 5.73 Å². The molecule has 108 valence electrons. The summed E-state index contributed by atoms with van der Waals surface area (Å²) in [5.74, 6) is 6.01. The van der Waals surface area contributed by atoms with E-state index in [9.17, 15) is 0 Å². The highest BCUT2D eigenvalue weighted by molar-refractivity contribution is 5.37. The van der Waals surface area contributed by atoms with Gasteiger partial charge in [-0.2, -0.15) is 0 Å². The summed E-state index contributed by atoms with van der Waals surface area (Å²) in [6.07, 6.45) is 0. The lowest BCUT2D eigenvalue weighted by molar-refractivity contribution is 0.104. The number of nitrogens with two attached hydrogens (primary N) is 1. The van der Waals surface area contributed by atoms with Crippen LogP contribution in [0.3, 0.4) is 0 Å². The van der Waals surface area contributed by atoms with E-state index in [1.54, 1.807) is 0 Å². The van der Waals surface area contributed by atoms with Crippen LogP contribution in [-0.4, -0.2) is 48.6 Å². The highest BCUT2D eigenvalue weighted by Crippen LogP contribution is 2.11. The minimum Gasteiger partial charge on any atom is -0.320 e. The van der Waals surface area contributed by atoms with E-state index >= 15 is 0 Å². The smallest absolute Gasteiger partial charge is 0.0555 e. The molecule has 0 aromatic heterocycles. The highest BCUT2D eigenvalue weighted by atomic mass is 15.3. The van der Waals surface area contributed by atoms with Gasteiger partial charge in [0.15, 0.2) is 0 Å². The first kappa shape index (κ1) is 15.1. The Kier molecular flexibility index (Phi) is 5.60. The SMILES string of the molecule is CC(C)N1CCN(Cc2cccc(C#CCN)c2)CC1. The summed E-state index contributed by atoms with van der Waals surface area (Å²) in [5.41, 5.74) is 7.82. The Morgan fingerprint density at radius 3 is 2.60 bits per heavy atom. The van der Waals surface area contributed by atoms with Gasteiger partial charge in [0.2, 0.25) is 0 Å². The number of hydrogen-bond donors (Lipinski definition) is 1. The van der Waals surface area contributed by atoms with Crippen molar-refractivity contribution in [2.45, 2.75) is 26.4 Å². The van der Waals surface area contributed by atoms with Gasteiger partial charge in [0, 0.05) is 44.3 Å². The fraction of sp³-hybridized carbons (Fsp3) is 0.529. The van der Waals surface area contributed by atoms with Crippen molar-refractivity contribution >= 4 is 0 Å². The van der Waals surface area contributed by atoms with E-state index in [2.05, 4.69) is 53.7 Å². The van der Waals surface area contributed by atoms with Crippen molar-refractivity contribution in [3.8, 4) is 11.8 Å². The maximum Gasteiger partial charge on any atom is 0.0555 e. The van der Waals surface area contributed by atoms with Crippen LogP contribution >= 0.6 is 0 Å². The molecule has 0 spiro atoms. The maximum atomic E-state index is 5.41. The number of hydrogen-bond acceptors (Lipinski definition) is 3. The Morgan fingerprint density at radius 1 is 1.20 bits per heavy atom. The first-order chi connectivity index (χ1) is 9.69. The van der Waals surface area contributed by atoms with E-state index in [4.69, 9.17) is 5.73 Å². The third-order valence-corrected chi connectivity index (χ3v) is 3.81. The molecule has 0 radical (unpaired) electrons. The van der Waals surface area contributed by atoms with E-state index in [0.717, 1.165) is 25.2 Å². The number of rotatable bonds is 3. The largest absolute Gasteiger partial charge is 0.320 e. The molecule has 20 heavy (non-hydrogen) atoms. The van der Waals surface area contributed by atoms with Crippen LogP contribution in [0, 0.1) is 11.8 Å². The van der Waals surface area contributed by atoms with Crippen molar-refractivity contribution in [1.82, 2.24) is 9.80 Å². The van der Waals surface area contributed by atoms with Crippen LogP contribution in [0.5, 0.6) is 0 Å². The molecule has 1 aliphatic rings. The normalized spacial score (nSPS) is 17.0. The van der Waals surface area contributed by atoms with Crippen molar-refractivity contribution in [2.24, 2.45) is 5.73 Å². The quantitative estimate of drug-likeness (QED) is 0.846. The van der Waals surface area contributed by atoms with Crippen LogP contribution < -0.4 is 5.73 Å². The van der Waals surface area contributed by atoms with Crippen LogP contribution in [0.4, 0.5) is 0 Å². The molecule has 3 nitrogen and oxygen atoms in total. The minimum atomic E-state index is 0.418. The summed E-state index contributed by atoms with van der Waals surface area (Å²) >= 11 is 0. The van der Waals surface area contributed by atoms with E-state index in [-0.39, 0.29) is 0 Å². The monoisotopic (exact) mass is 271 g/mol. The Balaban J connectivity index is 1.91. The summed E-state index contributed by atoms with van der Waals surface area (Å²) in [6.45, 7) is 10.6. The Bertz CT molecular complexity index is 476. The molecule has 1 aliphatic heterocycles. The molecule has 1 fully saturated rings. The zero-order valence-corrected chi connectivity index (χ0v) is 12.6. The predicted octanol–water partition coefficient (Wildman–Crippen LogP) is 1.52. The van der Waals surface area contributed by atoms with Crippen LogP contribution in [0.1, 0.15) is 25.0 Å². The molecular weight excluding hydrogens is 246 g/mol. The standard InChI is InChI=1S/C17H25N3/c1-15(2)20-11-9-19(10-12-20)14-17-6-3-5-16(13-17)7-4-8-18/h3,5-6,13,15H,8-12,14,18H2,1-2H3. The van der Waals surface area contributed by atoms with Crippen molar-refractivity contribution in [3.05, 3.63) is 35.4 Å². The third kappa shape index (κ3) is 4.35. The first-order valence-corrected chi connectivity index (χ1v) is 7.43. The van der Waals surface area contributed by atoms with Crippen LogP contribution in [0.15, 0.2) is 24.3 Å². The summed E-state index contributed by atoms with van der Waals surface area (Å²) in [5, 5.41) is 0. The predicted molar refractivity (Wildman–Crippen MR) is 84.4 cm³/mol. The van der Waals surface area contributed by atoms with Crippen molar-refractivity contribution in [3.63, 3.8) is 0 Å². The lowest BCUT2D eigenvalue weighted by Crippen LogP contribution is -2.48. The van der Waals surface area contributed by atoms with Crippen LogP contribution in [0.25, 0.3) is 0 Å². The molecule has 2 rings (SSSR count). The lowest BCUT2D eigenvalue weighted by atomic mass is 10.1. The maximum absolute atomic E-state index is 5.41. The fourth-order valence-corrected chi connectivity index (χ4v) is 2.60. The second-order valence-electron chi connectivity index (χ2n) is 5.61. The molecule has 2 N–H and O–H groups in total. The fourth-order valence-electron chi connectivity index (χ4n) is 2.60. The summed E-state index contributed by atoms with van der Waals surface area (Å²) < 4.78 is 0. The number of nitrogens with zero attached hydrogens (tertiary/aromatic N) is 2. The lowest BCUT2D eigenvalue weighted by Gasteiger charge is -2.36. The van der Waals surface area contributed by atoms with Gasteiger partial charge in [-0.15, -0.1) is 0 Å². The van der Waals surface area contributed by atoms with Gasteiger partial charge in [-0.1, -0.05) is 24.0 Å². The molecule has 0 aliphatic carbocycles. The second-order valence-corrected chi connectivity index (χ2v) is 5.61.